The molecule has 2 fully saturated rings. The number of urea groups is 1. The van der Waals surface area contributed by atoms with Crippen LogP contribution < -0.4 is 10.6 Å². The summed E-state index contributed by atoms with van der Waals surface area (Å²) in [7, 11) is 0. The summed E-state index contributed by atoms with van der Waals surface area (Å²) in [5.41, 5.74) is -1.20. The topological polar surface area (TPSA) is 87.0 Å². The zero-order valence-corrected chi connectivity index (χ0v) is 15.6. The van der Waals surface area contributed by atoms with E-state index in [-0.39, 0.29) is 18.1 Å². The van der Waals surface area contributed by atoms with Crippen molar-refractivity contribution in [1.29, 1.82) is 0 Å². The largest absolute Gasteiger partial charge is 0.466 e. The smallest absolute Gasteiger partial charge is 0.314 e. The lowest BCUT2D eigenvalue weighted by atomic mass is 9.80. The Morgan fingerprint density at radius 3 is 2.65 bits per heavy atom. The summed E-state index contributed by atoms with van der Waals surface area (Å²) < 4.78 is 10.7. The maximum atomic E-state index is 12.3. The quantitative estimate of drug-likeness (QED) is 0.716. The Kier molecular flexibility index (Phi) is 6.21. The van der Waals surface area contributed by atoms with Crippen molar-refractivity contribution >= 4 is 6.03 Å². The molecule has 1 saturated carbocycles. The number of hydrogen-bond donors (Lipinski definition) is 3. The second-order valence-electron chi connectivity index (χ2n) is 7.67. The number of nitrogens with zero attached hydrogens (tertiary/aromatic N) is 1. The lowest BCUT2D eigenvalue weighted by Crippen LogP contribution is -2.60. The zero-order valence-electron chi connectivity index (χ0n) is 15.6. The molecule has 1 unspecified atom stereocenters. The minimum atomic E-state index is -1.23. The van der Waals surface area contributed by atoms with Gasteiger partial charge in [0.1, 0.15) is 11.4 Å². The number of carbonyl (C=O) groups excluding carboxylic acids is 1. The van der Waals surface area contributed by atoms with Crippen LogP contribution in [0.2, 0.25) is 0 Å². The van der Waals surface area contributed by atoms with E-state index in [9.17, 15) is 9.90 Å². The minimum Gasteiger partial charge on any atom is -0.466 e. The SMILES string of the molecule is CC(O)(CNC(=O)NCC1(N2CCOCC2)CCCCC1)c1ccco1. The Hall–Kier alpha value is -1.57. The fourth-order valence-electron chi connectivity index (χ4n) is 4.08. The summed E-state index contributed by atoms with van der Waals surface area (Å²) in [5.74, 6) is 0.440. The maximum absolute atomic E-state index is 12.3. The van der Waals surface area contributed by atoms with Crippen LogP contribution in [0.5, 0.6) is 0 Å². The van der Waals surface area contributed by atoms with Crippen molar-refractivity contribution in [3.8, 4) is 0 Å². The zero-order chi connectivity index (χ0) is 18.5. The van der Waals surface area contributed by atoms with Gasteiger partial charge in [0, 0.05) is 25.2 Å². The first kappa shape index (κ1) is 19.2. The predicted octanol–water partition coefficient (Wildman–Crippen LogP) is 1.82. The molecule has 1 saturated heterocycles. The second kappa shape index (κ2) is 8.41. The van der Waals surface area contributed by atoms with E-state index in [1.807, 2.05) is 0 Å². The molecule has 1 aromatic rings. The first-order valence-corrected chi connectivity index (χ1v) is 9.63. The maximum Gasteiger partial charge on any atom is 0.314 e. The molecule has 2 amide bonds. The molecule has 2 heterocycles. The van der Waals surface area contributed by atoms with Crippen molar-refractivity contribution in [2.75, 3.05) is 39.4 Å². The molecule has 3 N–H and O–H groups in total. The Morgan fingerprint density at radius 1 is 1.27 bits per heavy atom. The number of aliphatic hydroxyl groups is 1. The number of ether oxygens (including phenoxy) is 1. The van der Waals surface area contributed by atoms with Crippen molar-refractivity contribution in [3.05, 3.63) is 24.2 Å². The van der Waals surface area contributed by atoms with Crippen molar-refractivity contribution in [3.63, 3.8) is 0 Å². The molecule has 0 bridgehead atoms. The fourth-order valence-corrected chi connectivity index (χ4v) is 4.08. The van der Waals surface area contributed by atoms with Crippen molar-refractivity contribution < 1.29 is 19.1 Å². The molecule has 1 aromatic heterocycles. The Morgan fingerprint density at radius 2 is 2.00 bits per heavy atom. The number of carbonyl (C=O) groups is 1. The summed E-state index contributed by atoms with van der Waals surface area (Å²) in [5, 5.41) is 16.2. The van der Waals surface area contributed by atoms with Crippen LogP contribution in [0.3, 0.4) is 0 Å². The Labute approximate surface area is 155 Å². The van der Waals surface area contributed by atoms with E-state index in [0.29, 0.717) is 12.3 Å². The van der Waals surface area contributed by atoms with Crippen LogP contribution in [-0.2, 0) is 10.3 Å². The molecule has 3 rings (SSSR count). The number of morpholine rings is 1. The third-order valence-corrected chi connectivity index (χ3v) is 5.69. The standard InChI is InChI=1S/C19H31N3O4/c1-18(24,16-6-5-11-26-16)14-20-17(23)21-15-19(7-3-2-4-8-19)22-9-12-25-13-10-22/h5-6,11,24H,2-4,7-10,12-15H2,1H3,(H2,20,21,23). The van der Waals surface area contributed by atoms with Gasteiger partial charge in [-0.3, -0.25) is 4.90 Å². The number of amides is 2. The van der Waals surface area contributed by atoms with E-state index < -0.39 is 5.60 Å². The predicted molar refractivity (Wildman–Crippen MR) is 97.9 cm³/mol. The van der Waals surface area contributed by atoms with Crippen molar-refractivity contribution in [1.82, 2.24) is 15.5 Å². The third kappa shape index (κ3) is 4.58. The summed E-state index contributed by atoms with van der Waals surface area (Å²) >= 11 is 0. The first-order valence-electron chi connectivity index (χ1n) is 9.63. The highest BCUT2D eigenvalue weighted by Crippen LogP contribution is 2.33. The van der Waals surface area contributed by atoms with Gasteiger partial charge in [-0.05, 0) is 31.9 Å². The molecule has 1 atom stereocenters. The third-order valence-electron chi connectivity index (χ3n) is 5.69. The van der Waals surface area contributed by atoms with Gasteiger partial charge < -0.3 is 24.9 Å². The molecule has 2 aliphatic rings. The van der Waals surface area contributed by atoms with Crippen LogP contribution in [0.1, 0.15) is 44.8 Å². The van der Waals surface area contributed by atoms with Gasteiger partial charge in [0.25, 0.3) is 0 Å². The van der Waals surface area contributed by atoms with E-state index >= 15 is 0 Å². The summed E-state index contributed by atoms with van der Waals surface area (Å²) in [6.07, 6.45) is 7.40. The van der Waals surface area contributed by atoms with E-state index in [0.717, 1.165) is 39.1 Å². The molecular weight excluding hydrogens is 334 g/mol. The molecule has 7 heteroatoms. The van der Waals surface area contributed by atoms with Gasteiger partial charge in [0.15, 0.2) is 0 Å². The van der Waals surface area contributed by atoms with Crippen LogP contribution in [0.4, 0.5) is 4.79 Å². The van der Waals surface area contributed by atoms with Gasteiger partial charge in [0.2, 0.25) is 0 Å². The summed E-state index contributed by atoms with van der Waals surface area (Å²) in [6, 6.07) is 3.17. The highest BCUT2D eigenvalue weighted by Gasteiger charge is 2.39. The number of hydrogen-bond acceptors (Lipinski definition) is 5. The van der Waals surface area contributed by atoms with Gasteiger partial charge >= 0.3 is 6.03 Å². The van der Waals surface area contributed by atoms with Crippen LogP contribution in [-0.4, -0.2) is 61.0 Å². The first-order chi connectivity index (χ1) is 12.5. The Bertz CT molecular complexity index is 561. The van der Waals surface area contributed by atoms with E-state index in [2.05, 4.69) is 15.5 Å². The summed E-state index contributed by atoms with van der Waals surface area (Å²) in [4.78, 5) is 14.8. The fraction of sp³-hybridized carbons (Fsp3) is 0.737. The Balaban J connectivity index is 1.52. The lowest BCUT2D eigenvalue weighted by molar-refractivity contribution is -0.0358. The molecule has 0 radical (unpaired) electrons. The van der Waals surface area contributed by atoms with Crippen LogP contribution in [0, 0.1) is 0 Å². The molecule has 26 heavy (non-hydrogen) atoms. The number of nitrogens with one attached hydrogen (secondary N) is 2. The van der Waals surface area contributed by atoms with E-state index in [1.165, 1.54) is 25.5 Å². The lowest BCUT2D eigenvalue weighted by Gasteiger charge is -2.48. The monoisotopic (exact) mass is 365 g/mol. The van der Waals surface area contributed by atoms with Crippen LogP contribution in [0.25, 0.3) is 0 Å². The van der Waals surface area contributed by atoms with Gasteiger partial charge in [-0.15, -0.1) is 0 Å². The van der Waals surface area contributed by atoms with E-state index in [4.69, 9.17) is 9.15 Å². The highest BCUT2D eigenvalue weighted by atomic mass is 16.5. The average Bonchev–Trinajstić information content (AvgIpc) is 3.22. The minimum absolute atomic E-state index is 0.0307. The van der Waals surface area contributed by atoms with Crippen LogP contribution in [0.15, 0.2) is 22.8 Å². The molecule has 0 aromatic carbocycles. The number of furan rings is 1. The van der Waals surface area contributed by atoms with Crippen molar-refractivity contribution in [2.45, 2.75) is 50.2 Å². The molecule has 0 spiro atoms. The molecule has 1 aliphatic carbocycles. The highest BCUT2D eigenvalue weighted by molar-refractivity contribution is 5.74. The van der Waals surface area contributed by atoms with Gasteiger partial charge in [0.05, 0.1) is 26.0 Å². The van der Waals surface area contributed by atoms with Gasteiger partial charge in [-0.2, -0.15) is 0 Å². The van der Waals surface area contributed by atoms with Gasteiger partial charge in [-0.25, -0.2) is 4.79 Å². The second-order valence-corrected chi connectivity index (χ2v) is 7.67. The molecule has 146 valence electrons. The summed E-state index contributed by atoms with van der Waals surface area (Å²) in [6.45, 7) is 5.73. The van der Waals surface area contributed by atoms with E-state index in [1.54, 1.807) is 19.1 Å². The normalized spacial score (nSPS) is 23.2. The van der Waals surface area contributed by atoms with Crippen LogP contribution >= 0.6 is 0 Å². The van der Waals surface area contributed by atoms with Crippen molar-refractivity contribution in [2.24, 2.45) is 0 Å². The molecule has 7 nitrogen and oxygen atoms in total. The molecular formula is C19H31N3O4. The number of rotatable bonds is 6. The molecule has 1 aliphatic heterocycles. The van der Waals surface area contributed by atoms with Gasteiger partial charge in [-0.1, -0.05) is 19.3 Å². The average molecular weight is 365 g/mol.